The normalized spacial score (nSPS) is 27.7. The average Bonchev–Trinajstić information content (AvgIpc) is 2.17. The summed E-state index contributed by atoms with van der Waals surface area (Å²) in [6, 6.07) is 0. The van der Waals surface area contributed by atoms with Crippen LogP contribution in [0.2, 0.25) is 0 Å². The molecule has 0 aromatic carbocycles. The van der Waals surface area contributed by atoms with Crippen LogP contribution >= 0.6 is 0 Å². The van der Waals surface area contributed by atoms with Gasteiger partial charge in [-0.15, -0.1) is 6.58 Å². The molecule has 0 saturated carbocycles. The summed E-state index contributed by atoms with van der Waals surface area (Å²) in [7, 11) is 1.84. The van der Waals surface area contributed by atoms with Crippen molar-refractivity contribution < 1.29 is 0 Å². The smallest absolute Gasteiger partial charge is 0.193 e. The SMILES string of the molecule is C=CCNC(=NC)N1C[C@H](C)C[C@@H](C)C1. The third kappa shape index (κ3) is 3.57. The van der Waals surface area contributed by atoms with E-state index in [-0.39, 0.29) is 0 Å². The van der Waals surface area contributed by atoms with Crippen molar-refractivity contribution in [2.75, 3.05) is 26.7 Å². The number of likely N-dealkylation sites (tertiary alicyclic amines) is 1. The quantitative estimate of drug-likeness (QED) is 0.426. The number of nitrogens with one attached hydrogen (secondary N) is 1. The van der Waals surface area contributed by atoms with Crippen molar-refractivity contribution in [3.05, 3.63) is 12.7 Å². The van der Waals surface area contributed by atoms with Crippen LogP contribution in [-0.4, -0.2) is 37.5 Å². The molecule has 1 heterocycles. The maximum atomic E-state index is 4.30. The molecule has 1 fully saturated rings. The first kappa shape index (κ1) is 12.1. The summed E-state index contributed by atoms with van der Waals surface area (Å²) < 4.78 is 0. The standard InChI is InChI=1S/C12H23N3/c1-5-6-14-12(13-4)15-8-10(2)7-11(3)9-15/h5,10-11H,1,6-9H2,2-4H3,(H,13,14)/t10-,11-/m1/s1. The predicted molar refractivity (Wildman–Crippen MR) is 66.1 cm³/mol. The van der Waals surface area contributed by atoms with Gasteiger partial charge in [-0.05, 0) is 18.3 Å². The van der Waals surface area contributed by atoms with Crippen LogP contribution in [0.4, 0.5) is 0 Å². The number of aliphatic imine (C=N–C) groups is 1. The van der Waals surface area contributed by atoms with E-state index in [2.05, 4.69) is 35.6 Å². The van der Waals surface area contributed by atoms with Gasteiger partial charge >= 0.3 is 0 Å². The van der Waals surface area contributed by atoms with Crippen LogP contribution in [-0.2, 0) is 0 Å². The monoisotopic (exact) mass is 209 g/mol. The van der Waals surface area contributed by atoms with Crippen LogP contribution in [0.5, 0.6) is 0 Å². The van der Waals surface area contributed by atoms with Crippen molar-refractivity contribution in [3.8, 4) is 0 Å². The van der Waals surface area contributed by atoms with E-state index in [1.54, 1.807) is 0 Å². The van der Waals surface area contributed by atoms with Gasteiger partial charge in [0.15, 0.2) is 5.96 Å². The van der Waals surface area contributed by atoms with E-state index in [4.69, 9.17) is 0 Å². The summed E-state index contributed by atoms with van der Waals surface area (Å²) in [5, 5.41) is 3.29. The highest BCUT2D eigenvalue weighted by molar-refractivity contribution is 5.80. The number of hydrogen-bond acceptors (Lipinski definition) is 1. The maximum absolute atomic E-state index is 4.30. The highest BCUT2D eigenvalue weighted by Gasteiger charge is 2.23. The third-order valence-electron chi connectivity index (χ3n) is 2.78. The average molecular weight is 209 g/mol. The molecule has 15 heavy (non-hydrogen) atoms. The Balaban J connectivity index is 2.55. The van der Waals surface area contributed by atoms with E-state index in [1.165, 1.54) is 6.42 Å². The second-order valence-electron chi connectivity index (χ2n) is 4.57. The van der Waals surface area contributed by atoms with E-state index >= 15 is 0 Å². The summed E-state index contributed by atoms with van der Waals surface area (Å²) in [4.78, 5) is 6.65. The fourth-order valence-corrected chi connectivity index (χ4v) is 2.33. The van der Waals surface area contributed by atoms with Crippen molar-refractivity contribution in [3.63, 3.8) is 0 Å². The number of rotatable bonds is 2. The highest BCUT2D eigenvalue weighted by Crippen LogP contribution is 2.20. The molecule has 0 spiro atoms. The number of piperidine rings is 1. The van der Waals surface area contributed by atoms with Crippen LogP contribution in [0.25, 0.3) is 0 Å². The van der Waals surface area contributed by atoms with E-state index in [1.807, 2.05) is 13.1 Å². The molecule has 0 radical (unpaired) electrons. The summed E-state index contributed by atoms with van der Waals surface area (Å²) >= 11 is 0. The maximum Gasteiger partial charge on any atom is 0.193 e. The van der Waals surface area contributed by atoms with Gasteiger partial charge < -0.3 is 10.2 Å². The summed E-state index contributed by atoms with van der Waals surface area (Å²) in [6.45, 7) is 11.3. The predicted octanol–water partition coefficient (Wildman–Crippen LogP) is 1.73. The van der Waals surface area contributed by atoms with Crippen LogP contribution < -0.4 is 5.32 Å². The van der Waals surface area contributed by atoms with E-state index < -0.39 is 0 Å². The fourth-order valence-electron chi connectivity index (χ4n) is 2.33. The second kappa shape index (κ2) is 5.79. The second-order valence-corrected chi connectivity index (χ2v) is 4.57. The lowest BCUT2D eigenvalue weighted by Gasteiger charge is -2.36. The van der Waals surface area contributed by atoms with Crippen LogP contribution in [0.15, 0.2) is 17.6 Å². The Morgan fingerprint density at radius 3 is 2.53 bits per heavy atom. The van der Waals surface area contributed by atoms with Gasteiger partial charge in [0.2, 0.25) is 0 Å². The molecule has 3 nitrogen and oxygen atoms in total. The Morgan fingerprint density at radius 1 is 1.47 bits per heavy atom. The molecule has 1 rings (SSSR count). The minimum atomic E-state index is 0.760. The fraction of sp³-hybridized carbons (Fsp3) is 0.750. The van der Waals surface area contributed by atoms with Crippen molar-refractivity contribution in [1.29, 1.82) is 0 Å². The van der Waals surface area contributed by atoms with Crippen molar-refractivity contribution in [2.45, 2.75) is 20.3 Å². The van der Waals surface area contributed by atoms with Gasteiger partial charge in [-0.25, -0.2) is 0 Å². The molecule has 0 aromatic rings. The third-order valence-corrected chi connectivity index (χ3v) is 2.78. The molecule has 3 heteroatoms. The van der Waals surface area contributed by atoms with Crippen molar-refractivity contribution in [2.24, 2.45) is 16.8 Å². The summed E-state index contributed by atoms with van der Waals surface area (Å²) in [6.07, 6.45) is 3.19. The van der Waals surface area contributed by atoms with Gasteiger partial charge in [0.05, 0.1) is 0 Å². The minimum Gasteiger partial charge on any atom is -0.353 e. The Hall–Kier alpha value is -0.990. The molecular weight excluding hydrogens is 186 g/mol. The number of guanidine groups is 1. The topological polar surface area (TPSA) is 27.6 Å². The van der Waals surface area contributed by atoms with Crippen LogP contribution in [0, 0.1) is 11.8 Å². The lowest BCUT2D eigenvalue weighted by atomic mass is 9.92. The van der Waals surface area contributed by atoms with Crippen molar-refractivity contribution in [1.82, 2.24) is 10.2 Å². The first-order valence-corrected chi connectivity index (χ1v) is 5.73. The number of nitrogens with zero attached hydrogens (tertiary/aromatic N) is 2. The first-order chi connectivity index (χ1) is 7.17. The minimum absolute atomic E-state index is 0.760. The van der Waals surface area contributed by atoms with Gasteiger partial charge in [0, 0.05) is 26.7 Å². The molecule has 1 aliphatic rings. The molecule has 1 N–H and O–H groups in total. The molecule has 1 saturated heterocycles. The van der Waals surface area contributed by atoms with E-state index in [0.717, 1.165) is 37.4 Å². The van der Waals surface area contributed by atoms with Gasteiger partial charge in [0.1, 0.15) is 0 Å². The Morgan fingerprint density at radius 2 is 2.07 bits per heavy atom. The largest absolute Gasteiger partial charge is 0.353 e. The van der Waals surface area contributed by atoms with Crippen LogP contribution in [0.3, 0.4) is 0 Å². The van der Waals surface area contributed by atoms with Crippen molar-refractivity contribution >= 4 is 5.96 Å². The highest BCUT2D eigenvalue weighted by atomic mass is 15.3. The lowest BCUT2D eigenvalue weighted by molar-refractivity contribution is 0.209. The Bertz CT molecular complexity index is 225. The Labute approximate surface area is 93.3 Å². The molecule has 1 aliphatic heterocycles. The Kier molecular flexibility index (Phi) is 4.66. The molecule has 0 amide bonds. The zero-order valence-electron chi connectivity index (χ0n) is 10.2. The first-order valence-electron chi connectivity index (χ1n) is 5.73. The molecule has 0 bridgehead atoms. The summed E-state index contributed by atoms with van der Waals surface area (Å²) in [5.41, 5.74) is 0. The van der Waals surface area contributed by atoms with E-state index in [0.29, 0.717) is 0 Å². The van der Waals surface area contributed by atoms with Crippen LogP contribution in [0.1, 0.15) is 20.3 Å². The molecule has 86 valence electrons. The molecule has 0 aromatic heterocycles. The molecule has 2 atom stereocenters. The molecule has 0 unspecified atom stereocenters. The zero-order chi connectivity index (χ0) is 11.3. The lowest BCUT2D eigenvalue weighted by Crippen LogP contribution is -2.48. The zero-order valence-corrected chi connectivity index (χ0v) is 10.2. The van der Waals surface area contributed by atoms with Gasteiger partial charge in [-0.2, -0.15) is 0 Å². The van der Waals surface area contributed by atoms with Gasteiger partial charge in [-0.3, -0.25) is 4.99 Å². The summed E-state index contributed by atoms with van der Waals surface area (Å²) in [5.74, 6) is 2.53. The number of hydrogen-bond donors (Lipinski definition) is 1. The molecular formula is C12H23N3. The van der Waals surface area contributed by atoms with E-state index in [9.17, 15) is 0 Å². The van der Waals surface area contributed by atoms with Gasteiger partial charge in [-0.1, -0.05) is 19.9 Å². The van der Waals surface area contributed by atoms with Gasteiger partial charge in [0.25, 0.3) is 0 Å². The molecule has 0 aliphatic carbocycles.